The molecule has 0 saturated heterocycles. The summed E-state index contributed by atoms with van der Waals surface area (Å²) in [6.07, 6.45) is 2.19. The summed E-state index contributed by atoms with van der Waals surface area (Å²) in [5.74, 6) is -0.180. The molecule has 4 nitrogen and oxygen atoms in total. The number of carbonyl (C=O) groups excluding carboxylic acids is 1. The first-order valence-corrected chi connectivity index (χ1v) is 6.24. The topological polar surface area (TPSA) is 42.4 Å². The SMILES string of the molecule is CCN(CCC(=O)OC)Cc1cnc(Cl)s1. The average Bonchev–Trinajstić information content (AvgIpc) is 2.69. The molecule has 0 atom stereocenters. The van der Waals surface area contributed by atoms with Gasteiger partial charge < -0.3 is 4.74 Å². The summed E-state index contributed by atoms with van der Waals surface area (Å²) in [5, 5.41) is 0. The van der Waals surface area contributed by atoms with E-state index in [2.05, 4.69) is 21.5 Å². The van der Waals surface area contributed by atoms with Crippen molar-refractivity contribution >= 4 is 28.9 Å². The van der Waals surface area contributed by atoms with Gasteiger partial charge in [-0.15, -0.1) is 11.3 Å². The molecule has 1 aromatic rings. The van der Waals surface area contributed by atoms with Gasteiger partial charge in [0, 0.05) is 24.2 Å². The first-order chi connectivity index (χ1) is 7.65. The molecule has 0 aliphatic carbocycles. The lowest BCUT2D eigenvalue weighted by molar-refractivity contribution is -0.141. The molecule has 16 heavy (non-hydrogen) atoms. The van der Waals surface area contributed by atoms with E-state index in [0.29, 0.717) is 17.4 Å². The molecule has 6 heteroatoms. The molecule has 0 bridgehead atoms. The number of rotatable bonds is 6. The molecule has 0 fully saturated rings. The molecule has 0 spiro atoms. The number of methoxy groups -OCH3 is 1. The highest BCUT2D eigenvalue weighted by molar-refractivity contribution is 7.15. The van der Waals surface area contributed by atoms with Crippen LogP contribution < -0.4 is 0 Å². The summed E-state index contributed by atoms with van der Waals surface area (Å²) >= 11 is 7.22. The molecule has 0 amide bonds. The Bertz CT molecular complexity index is 343. The molecule has 1 heterocycles. The van der Waals surface area contributed by atoms with Gasteiger partial charge >= 0.3 is 5.97 Å². The summed E-state index contributed by atoms with van der Waals surface area (Å²) in [7, 11) is 1.40. The molecule has 90 valence electrons. The van der Waals surface area contributed by atoms with Gasteiger partial charge in [-0.2, -0.15) is 0 Å². The number of hydrogen-bond donors (Lipinski definition) is 0. The summed E-state index contributed by atoms with van der Waals surface area (Å²) in [6, 6.07) is 0. The van der Waals surface area contributed by atoms with Gasteiger partial charge in [-0.3, -0.25) is 9.69 Å². The third kappa shape index (κ3) is 4.47. The van der Waals surface area contributed by atoms with E-state index in [-0.39, 0.29) is 5.97 Å². The van der Waals surface area contributed by atoms with E-state index >= 15 is 0 Å². The largest absolute Gasteiger partial charge is 0.469 e. The van der Waals surface area contributed by atoms with Gasteiger partial charge in [-0.25, -0.2) is 4.98 Å². The second-order valence-electron chi connectivity index (χ2n) is 3.27. The molecule has 0 aliphatic heterocycles. The smallest absolute Gasteiger partial charge is 0.306 e. The van der Waals surface area contributed by atoms with Crippen molar-refractivity contribution in [1.29, 1.82) is 0 Å². The zero-order valence-corrected chi connectivity index (χ0v) is 11.0. The van der Waals surface area contributed by atoms with Crippen molar-refractivity contribution in [1.82, 2.24) is 9.88 Å². The highest BCUT2D eigenvalue weighted by Crippen LogP contribution is 2.19. The maximum Gasteiger partial charge on any atom is 0.306 e. The van der Waals surface area contributed by atoms with E-state index in [4.69, 9.17) is 11.6 Å². The highest BCUT2D eigenvalue weighted by atomic mass is 35.5. The Morgan fingerprint density at radius 2 is 2.44 bits per heavy atom. The second-order valence-corrected chi connectivity index (χ2v) is 4.97. The zero-order valence-electron chi connectivity index (χ0n) is 9.40. The van der Waals surface area contributed by atoms with E-state index in [9.17, 15) is 4.79 Å². The highest BCUT2D eigenvalue weighted by Gasteiger charge is 2.09. The molecule has 0 saturated carbocycles. The summed E-state index contributed by atoms with van der Waals surface area (Å²) < 4.78 is 5.16. The van der Waals surface area contributed by atoms with Gasteiger partial charge in [0.15, 0.2) is 4.47 Å². The first kappa shape index (κ1) is 13.4. The Kier molecular flexibility index (Phi) is 5.73. The Morgan fingerprint density at radius 1 is 1.69 bits per heavy atom. The quantitative estimate of drug-likeness (QED) is 0.737. The van der Waals surface area contributed by atoms with Crippen LogP contribution in [0.5, 0.6) is 0 Å². The number of thiazole rings is 1. The van der Waals surface area contributed by atoms with Gasteiger partial charge in [-0.1, -0.05) is 18.5 Å². The van der Waals surface area contributed by atoms with E-state index in [0.717, 1.165) is 18.0 Å². The number of nitrogens with zero attached hydrogens (tertiary/aromatic N) is 2. The number of carbonyl (C=O) groups is 1. The molecule has 1 aromatic heterocycles. The van der Waals surface area contributed by atoms with Crippen LogP contribution in [0.2, 0.25) is 4.47 Å². The van der Waals surface area contributed by atoms with Crippen molar-refractivity contribution in [3.05, 3.63) is 15.5 Å². The number of ether oxygens (including phenoxy) is 1. The molecule has 0 N–H and O–H groups in total. The molecule has 0 unspecified atom stereocenters. The van der Waals surface area contributed by atoms with Crippen molar-refractivity contribution in [2.24, 2.45) is 0 Å². The Labute approximate surface area is 104 Å². The van der Waals surface area contributed by atoms with Crippen LogP contribution in [-0.4, -0.2) is 36.1 Å². The van der Waals surface area contributed by atoms with Gasteiger partial charge in [-0.05, 0) is 6.54 Å². The van der Waals surface area contributed by atoms with Crippen LogP contribution in [0.15, 0.2) is 6.20 Å². The van der Waals surface area contributed by atoms with Crippen molar-refractivity contribution in [2.75, 3.05) is 20.2 Å². The number of esters is 1. The molecular weight excluding hydrogens is 248 g/mol. The lowest BCUT2D eigenvalue weighted by Crippen LogP contribution is -2.25. The third-order valence-electron chi connectivity index (χ3n) is 2.21. The van der Waals surface area contributed by atoms with Crippen molar-refractivity contribution in [3.63, 3.8) is 0 Å². The van der Waals surface area contributed by atoms with Crippen LogP contribution in [0.25, 0.3) is 0 Å². The Balaban J connectivity index is 2.40. The van der Waals surface area contributed by atoms with Crippen molar-refractivity contribution < 1.29 is 9.53 Å². The van der Waals surface area contributed by atoms with Gasteiger partial charge in [0.2, 0.25) is 0 Å². The predicted octanol–water partition coefficient (Wildman–Crippen LogP) is 2.18. The fourth-order valence-corrected chi connectivity index (χ4v) is 2.30. The first-order valence-electron chi connectivity index (χ1n) is 5.05. The number of hydrogen-bond acceptors (Lipinski definition) is 5. The molecule has 1 rings (SSSR count). The Morgan fingerprint density at radius 3 is 2.94 bits per heavy atom. The lowest BCUT2D eigenvalue weighted by Gasteiger charge is -2.18. The van der Waals surface area contributed by atoms with E-state index in [1.165, 1.54) is 18.4 Å². The van der Waals surface area contributed by atoms with E-state index < -0.39 is 0 Å². The maximum atomic E-state index is 11.0. The fraction of sp³-hybridized carbons (Fsp3) is 0.600. The van der Waals surface area contributed by atoms with Crippen molar-refractivity contribution in [2.45, 2.75) is 19.9 Å². The molecule has 0 radical (unpaired) electrons. The minimum Gasteiger partial charge on any atom is -0.469 e. The van der Waals surface area contributed by atoms with Crippen LogP contribution in [0.4, 0.5) is 0 Å². The van der Waals surface area contributed by atoms with Gasteiger partial charge in [0.05, 0.1) is 13.5 Å². The van der Waals surface area contributed by atoms with Crippen molar-refractivity contribution in [3.8, 4) is 0 Å². The lowest BCUT2D eigenvalue weighted by atomic mass is 10.3. The maximum absolute atomic E-state index is 11.0. The van der Waals surface area contributed by atoms with Crippen LogP contribution in [0.1, 0.15) is 18.2 Å². The van der Waals surface area contributed by atoms with Gasteiger partial charge in [0.1, 0.15) is 0 Å². The number of halogens is 1. The molecular formula is C10H15ClN2O2S. The third-order valence-corrected chi connectivity index (χ3v) is 3.31. The minimum atomic E-state index is -0.180. The van der Waals surface area contributed by atoms with Crippen LogP contribution in [0, 0.1) is 0 Å². The van der Waals surface area contributed by atoms with Crippen LogP contribution >= 0.6 is 22.9 Å². The van der Waals surface area contributed by atoms with Crippen LogP contribution in [0.3, 0.4) is 0 Å². The zero-order chi connectivity index (χ0) is 12.0. The predicted molar refractivity (Wildman–Crippen MR) is 64.7 cm³/mol. The Hall–Kier alpha value is -0.650. The minimum absolute atomic E-state index is 0.180. The summed E-state index contributed by atoms with van der Waals surface area (Å²) in [5.41, 5.74) is 0. The normalized spacial score (nSPS) is 10.8. The van der Waals surface area contributed by atoms with E-state index in [1.54, 1.807) is 6.20 Å². The van der Waals surface area contributed by atoms with Gasteiger partial charge in [0.25, 0.3) is 0 Å². The number of aromatic nitrogens is 1. The summed E-state index contributed by atoms with van der Waals surface area (Å²) in [4.78, 5) is 18.3. The van der Waals surface area contributed by atoms with Crippen LogP contribution in [-0.2, 0) is 16.1 Å². The molecule has 0 aromatic carbocycles. The standard InChI is InChI=1S/C10H15ClN2O2S/c1-3-13(5-4-9(14)15-2)7-8-6-12-10(11)16-8/h6H,3-5,7H2,1-2H3. The second kappa shape index (κ2) is 6.83. The fourth-order valence-electron chi connectivity index (χ4n) is 1.28. The van der Waals surface area contributed by atoms with E-state index in [1.807, 2.05) is 0 Å². The monoisotopic (exact) mass is 262 g/mol. The summed E-state index contributed by atoms with van der Waals surface area (Å²) in [6.45, 7) is 4.41. The average molecular weight is 263 g/mol. The molecule has 0 aliphatic rings.